The van der Waals surface area contributed by atoms with Gasteiger partial charge in [-0.3, -0.25) is 9.59 Å². The molecule has 0 bridgehead atoms. The summed E-state index contributed by atoms with van der Waals surface area (Å²) < 4.78 is 179. The number of allylic oxidation sites excluding steroid dienone is 2. The van der Waals surface area contributed by atoms with Crippen LogP contribution in [0, 0.1) is 0 Å². The lowest BCUT2D eigenvalue weighted by molar-refractivity contribution is -0.436. The summed E-state index contributed by atoms with van der Waals surface area (Å²) >= 11 is 5.62. The highest BCUT2D eigenvalue weighted by Gasteiger charge is 2.91. The van der Waals surface area contributed by atoms with Crippen molar-refractivity contribution in [2.24, 2.45) is 0 Å². The summed E-state index contributed by atoms with van der Waals surface area (Å²) in [6.07, 6.45) is -7.60. The number of rotatable bonds is 7. The highest BCUT2D eigenvalue weighted by Crippen LogP contribution is 2.61. The van der Waals surface area contributed by atoms with Gasteiger partial charge in [0.15, 0.2) is 5.78 Å². The molecule has 0 aromatic heterocycles. The monoisotopic (exact) mass is 601 g/mol. The average molecular weight is 602 g/mol. The third-order valence-electron chi connectivity index (χ3n) is 5.48. The van der Waals surface area contributed by atoms with Crippen molar-refractivity contribution in [3.8, 4) is 0 Å². The van der Waals surface area contributed by atoms with Crippen molar-refractivity contribution in [1.82, 2.24) is 0 Å². The molecule has 1 N–H and O–H groups in total. The molecule has 0 atom stereocenters. The molecule has 39 heavy (non-hydrogen) atoms. The Hall–Kier alpha value is -3.30. The molecular formula is C22H9ClF13NO2. The lowest BCUT2D eigenvalue weighted by Crippen LogP contribution is -2.70. The molecular weight excluding hydrogens is 593 g/mol. The van der Waals surface area contributed by atoms with Gasteiger partial charge < -0.3 is 5.32 Å². The molecule has 3 nitrogen and oxygen atoms in total. The fraction of sp³-hybridized carbons (Fsp3) is 0.273. The van der Waals surface area contributed by atoms with E-state index in [0.29, 0.717) is 6.07 Å². The van der Waals surface area contributed by atoms with Crippen molar-refractivity contribution in [3.05, 3.63) is 76.0 Å². The zero-order valence-corrected chi connectivity index (χ0v) is 19.0. The number of benzene rings is 2. The minimum atomic E-state index is -8.17. The Morgan fingerprint density at radius 1 is 0.564 bits per heavy atom. The Labute approximate surface area is 213 Å². The molecule has 0 unspecified atom stereocenters. The fourth-order valence-electron chi connectivity index (χ4n) is 3.40. The molecule has 0 spiro atoms. The van der Waals surface area contributed by atoms with Crippen LogP contribution < -0.4 is 5.32 Å². The van der Waals surface area contributed by atoms with E-state index >= 15 is 8.78 Å². The van der Waals surface area contributed by atoms with E-state index in [1.165, 1.54) is 0 Å². The van der Waals surface area contributed by atoms with E-state index in [4.69, 9.17) is 11.6 Å². The van der Waals surface area contributed by atoms with Crippen LogP contribution in [0.3, 0.4) is 0 Å². The van der Waals surface area contributed by atoms with Gasteiger partial charge in [-0.1, -0.05) is 35.9 Å². The molecule has 0 saturated heterocycles. The van der Waals surface area contributed by atoms with Gasteiger partial charge in [-0.15, -0.1) is 0 Å². The highest BCUT2D eigenvalue weighted by atomic mass is 35.5. The SMILES string of the molecule is O=C1C(Nc2ccc(Cl)cc2)=C(C(F)(F)C(F)(F)C(F)(F)C(F)(F)C(F)(F)C(F)(F)F)C(=O)c2ccccc21. The van der Waals surface area contributed by atoms with Gasteiger partial charge in [-0.05, 0) is 24.3 Å². The van der Waals surface area contributed by atoms with E-state index in [2.05, 4.69) is 0 Å². The summed E-state index contributed by atoms with van der Waals surface area (Å²) in [5.74, 6) is -43.1. The Morgan fingerprint density at radius 3 is 1.46 bits per heavy atom. The van der Waals surface area contributed by atoms with E-state index in [9.17, 15) is 57.9 Å². The van der Waals surface area contributed by atoms with Gasteiger partial charge >= 0.3 is 35.8 Å². The van der Waals surface area contributed by atoms with Gasteiger partial charge in [0.05, 0.1) is 0 Å². The summed E-state index contributed by atoms with van der Waals surface area (Å²) in [5, 5.41) is 1.77. The fourth-order valence-corrected chi connectivity index (χ4v) is 3.52. The summed E-state index contributed by atoms with van der Waals surface area (Å²) in [6, 6.07) is 7.27. The quantitative estimate of drug-likeness (QED) is 0.329. The van der Waals surface area contributed by atoms with Crippen LogP contribution in [-0.4, -0.2) is 47.4 Å². The van der Waals surface area contributed by atoms with E-state index in [0.717, 1.165) is 42.5 Å². The first-order valence-electron chi connectivity index (χ1n) is 9.95. The summed E-state index contributed by atoms with van der Waals surface area (Å²) in [6.45, 7) is 0. The van der Waals surface area contributed by atoms with Gasteiger partial charge in [-0.25, -0.2) is 0 Å². The van der Waals surface area contributed by atoms with Gasteiger partial charge in [0.1, 0.15) is 11.3 Å². The molecule has 1 aliphatic carbocycles. The third-order valence-corrected chi connectivity index (χ3v) is 5.73. The molecule has 0 saturated carbocycles. The number of ketones is 2. The maximum atomic E-state index is 15.2. The molecule has 0 aliphatic heterocycles. The second-order valence-corrected chi connectivity index (χ2v) is 8.39. The van der Waals surface area contributed by atoms with Crippen LogP contribution in [0.25, 0.3) is 0 Å². The van der Waals surface area contributed by atoms with Crippen LogP contribution in [0.15, 0.2) is 59.8 Å². The van der Waals surface area contributed by atoms with Crippen molar-refractivity contribution in [2.45, 2.75) is 35.8 Å². The number of alkyl halides is 13. The largest absolute Gasteiger partial charge is 0.460 e. The van der Waals surface area contributed by atoms with Crippen LogP contribution in [0.5, 0.6) is 0 Å². The predicted octanol–water partition coefficient (Wildman–Crippen LogP) is 7.82. The molecule has 0 radical (unpaired) electrons. The first kappa shape index (κ1) is 30.2. The number of fused-ring (bicyclic) bond motifs is 1. The Kier molecular flexibility index (Phi) is 7.08. The Balaban J connectivity index is 2.30. The minimum absolute atomic E-state index is 0.00419. The number of carbonyl (C=O) groups is 2. The summed E-state index contributed by atoms with van der Waals surface area (Å²) in [5.41, 5.74) is -7.08. The van der Waals surface area contributed by atoms with Gasteiger partial charge in [-0.2, -0.15) is 57.1 Å². The first-order valence-corrected chi connectivity index (χ1v) is 10.3. The summed E-state index contributed by atoms with van der Waals surface area (Å²) in [7, 11) is 0. The van der Waals surface area contributed by atoms with Crippen LogP contribution >= 0.6 is 11.6 Å². The molecule has 2 aromatic rings. The van der Waals surface area contributed by atoms with Crippen LogP contribution in [0.1, 0.15) is 20.7 Å². The van der Waals surface area contributed by atoms with Crippen molar-refractivity contribution in [3.63, 3.8) is 0 Å². The molecule has 1 aliphatic rings. The number of Topliss-reactive ketones (excluding diaryl/α,β-unsaturated/α-hetero) is 2. The first-order chi connectivity index (χ1) is 17.5. The van der Waals surface area contributed by atoms with Crippen molar-refractivity contribution in [1.29, 1.82) is 0 Å². The Bertz CT molecular complexity index is 1350. The molecule has 0 fully saturated rings. The molecule has 0 heterocycles. The standard InChI is InChI=1S/C22H9ClF13NO2/c23-9-5-7-10(8-6-9)37-14-13(15(38)11-3-1-2-4-12(11)16(14)39)17(24,25)18(26,27)19(28,29)20(30,31)21(32,33)22(34,35)36/h1-8,37H. The minimum Gasteiger partial charge on any atom is -0.352 e. The molecule has 0 amide bonds. The van der Waals surface area contributed by atoms with Crippen LogP contribution in [0.2, 0.25) is 5.02 Å². The van der Waals surface area contributed by atoms with Crippen molar-refractivity contribution in [2.75, 3.05) is 5.32 Å². The number of hydrogen-bond acceptors (Lipinski definition) is 3. The lowest BCUT2D eigenvalue weighted by Gasteiger charge is -2.40. The lowest BCUT2D eigenvalue weighted by atomic mass is 9.80. The number of hydrogen-bond donors (Lipinski definition) is 1. The van der Waals surface area contributed by atoms with E-state index < -0.39 is 75.4 Å². The average Bonchev–Trinajstić information content (AvgIpc) is 2.82. The maximum Gasteiger partial charge on any atom is 0.460 e. The zero-order valence-electron chi connectivity index (χ0n) is 18.2. The number of anilines is 1. The second-order valence-electron chi connectivity index (χ2n) is 7.96. The Morgan fingerprint density at radius 2 is 1.00 bits per heavy atom. The van der Waals surface area contributed by atoms with Gasteiger partial charge in [0.25, 0.3) is 0 Å². The topological polar surface area (TPSA) is 46.2 Å². The zero-order chi connectivity index (χ0) is 30.0. The summed E-state index contributed by atoms with van der Waals surface area (Å²) in [4.78, 5) is 25.7. The number of halogens is 14. The van der Waals surface area contributed by atoms with Crippen LogP contribution in [0.4, 0.5) is 62.8 Å². The third kappa shape index (κ3) is 4.32. The van der Waals surface area contributed by atoms with Crippen molar-refractivity contribution >= 4 is 28.9 Å². The van der Waals surface area contributed by atoms with E-state index in [1.807, 2.05) is 0 Å². The second kappa shape index (κ2) is 9.13. The molecule has 2 aromatic carbocycles. The van der Waals surface area contributed by atoms with Crippen molar-refractivity contribution < 1.29 is 66.7 Å². The molecule has 17 heteroatoms. The van der Waals surface area contributed by atoms with Gasteiger partial charge in [0.2, 0.25) is 5.78 Å². The molecule has 212 valence electrons. The normalized spacial score (nSPS) is 15.9. The highest BCUT2D eigenvalue weighted by molar-refractivity contribution is 6.30. The van der Waals surface area contributed by atoms with E-state index in [-0.39, 0.29) is 5.02 Å². The smallest absolute Gasteiger partial charge is 0.352 e. The van der Waals surface area contributed by atoms with Crippen LogP contribution in [-0.2, 0) is 0 Å². The number of carbonyl (C=O) groups excluding carboxylic acids is 2. The predicted molar refractivity (Wildman–Crippen MR) is 108 cm³/mol. The van der Waals surface area contributed by atoms with Gasteiger partial charge in [0, 0.05) is 21.8 Å². The maximum absolute atomic E-state index is 15.2. The molecule has 3 rings (SSSR count). The number of nitrogens with one attached hydrogen (secondary N) is 1. The van der Waals surface area contributed by atoms with E-state index in [1.54, 1.807) is 5.32 Å².